The molecule has 0 fully saturated rings. The largest absolute Gasteiger partial charge is 0.465 e. The monoisotopic (exact) mass is 310 g/mol. The van der Waals surface area contributed by atoms with E-state index in [0.717, 1.165) is 12.8 Å². The zero-order valence-corrected chi connectivity index (χ0v) is 14.6. The Balaban J connectivity index is 3.99. The molecule has 0 radical (unpaired) electrons. The number of esters is 2. The van der Waals surface area contributed by atoms with Crippen molar-refractivity contribution >= 4 is 11.9 Å². The summed E-state index contributed by atoms with van der Waals surface area (Å²) in [5, 5.41) is 0. The Kier molecular flexibility index (Phi) is 11.2. The molecule has 0 spiro atoms. The Morgan fingerprint density at radius 1 is 0.864 bits per heavy atom. The van der Waals surface area contributed by atoms with E-state index in [1.54, 1.807) is 0 Å². The van der Waals surface area contributed by atoms with Crippen LogP contribution in [-0.2, 0) is 19.1 Å². The van der Waals surface area contributed by atoms with Gasteiger partial charge in [-0.1, -0.05) is 37.1 Å². The number of hydrogen-bond donors (Lipinski definition) is 0. The van der Waals surface area contributed by atoms with Crippen molar-refractivity contribution in [3.8, 4) is 0 Å². The summed E-state index contributed by atoms with van der Waals surface area (Å²) in [5.41, 5.74) is 2.53. The van der Waals surface area contributed by atoms with Gasteiger partial charge in [0.15, 0.2) is 5.92 Å². The number of rotatable bonds is 10. The van der Waals surface area contributed by atoms with E-state index in [9.17, 15) is 9.59 Å². The number of carbonyl (C=O) groups is 2. The van der Waals surface area contributed by atoms with Crippen LogP contribution in [0.3, 0.4) is 0 Å². The van der Waals surface area contributed by atoms with Gasteiger partial charge in [-0.3, -0.25) is 9.59 Å². The third-order valence-corrected chi connectivity index (χ3v) is 3.53. The second kappa shape index (κ2) is 12.0. The van der Waals surface area contributed by atoms with E-state index in [0.29, 0.717) is 26.1 Å². The molecule has 0 saturated heterocycles. The first-order valence-electron chi connectivity index (χ1n) is 8.06. The minimum absolute atomic E-state index is 0.298. The molecule has 0 bridgehead atoms. The van der Waals surface area contributed by atoms with E-state index < -0.39 is 17.9 Å². The molecule has 0 heterocycles. The van der Waals surface area contributed by atoms with Gasteiger partial charge in [-0.25, -0.2) is 0 Å². The second-order valence-corrected chi connectivity index (χ2v) is 5.44. The minimum atomic E-state index is -0.868. The summed E-state index contributed by atoms with van der Waals surface area (Å²) in [4.78, 5) is 23.5. The molecule has 22 heavy (non-hydrogen) atoms. The Morgan fingerprint density at radius 2 is 1.23 bits per heavy atom. The molecular formula is C18H30O4. The van der Waals surface area contributed by atoms with Gasteiger partial charge in [0.05, 0.1) is 13.2 Å². The summed E-state index contributed by atoms with van der Waals surface area (Å²) in [6.07, 6.45) is 7.41. The highest BCUT2D eigenvalue weighted by atomic mass is 16.6. The van der Waals surface area contributed by atoms with Crippen molar-refractivity contribution in [1.82, 2.24) is 0 Å². The molecule has 0 atom stereocenters. The summed E-state index contributed by atoms with van der Waals surface area (Å²) >= 11 is 0. The third kappa shape index (κ3) is 9.37. The first-order chi connectivity index (χ1) is 10.4. The molecule has 126 valence electrons. The molecule has 0 aromatic rings. The lowest BCUT2D eigenvalue weighted by Gasteiger charge is -2.10. The normalized spacial score (nSPS) is 13.7. The summed E-state index contributed by atoms with van der Waals surface area (Å²) in [5.74, 6) is -1.91. The highest BCUT2D eigenvalue weighted by Gasteiger charge is 2.24. The van der Waals surface area contributed by atoms with E-state index in [1.165, 1.54) is 18.1 Å². The van der Waals surface area contributed by atoms with Gasteiger partial charge in [-0.15, -0.1) is 0 Å². The van der Waals surface area contributed by atoms with Crippen LogP contribution in [0.2, 0.25) is 0 Å². The van der Waals surface area contributed by atoms with E-state index in [4.69, 9.17) is 9.47 Å². The zero-order chi connectivity index (χ0) is 17.0. The van der Waals surface area contributed by atoms with Crippen molar-refractivity contribution in [1.29, 1.82) is 0 Å². The highest BCUT2D eigenvalue weighted by molar-refractivity contribution is 5.94. The average molecular weight is 310 g/mol. The van der Waals surface area contributed by atoms with Crippen LogP contribution in [-0.4, -0.2) is 25.2 Å². The standard InChI is InChI=1S/C18H30O4/c1-6-14(3)10-8-12-21-17(19)16(5)18(20)22-13-9-11-15(4)7-2/h10-11,16H,6-9,12-13H2,1-5H3. The van der Waals surface area contributed by atoms with E-state index >= 15 is 0 Å². The lowest BCUT2D eigenvalue weighted by molar-refractivity contribution is -0.161. The molecule has 0 aromatic carbocycles. The topological polar surface area (TPSA) is 52.6 Å². The molecule has 0 aliphatic carbocycles. The summed E-state index contributed by atoms with van der Waals surface area (Å²) in [6, 6.07) is 0. The molecule has 0 saturated carbocycles. The second-order valence-electron chi connectivity index (χ2n) is 5.44. The van der Waals surface area contributed by atoms with Crippen molar-refractivity contribution in [2.45, 2.75) is 60.3 Å². The third-order valence-electron chi connectivity index (χ3n) is 3.53. The fourth-order valence-electron chi connectivity index (χ4n) is 1.56. The van der Waals surface area contributed by atoms with Crippen molar-refractivity contribution in [3.63, 3.8) is 0 Å². The van der Waals surface area contributed by atoms with Crippen molar-refractivity contribution in [3.05, 3.63) is 23.3 Å². The quantitative estimate of drug-likeness (QED) is 0.263. The fraction of sp³-hybridized carbons (Fsp3) is 0.667. The Hall–Kier alpha value is -1.58. The maximum Gasteiger partial charge on any atom is 0.320 e. The van der Waals surface area contributed by atoms with E-state index in [-0.39, 0.29) is 0 Å². The van der Waals surface area contributed by atoms with Gasteiger partial charge < -0.3 is 9.47 Å². The smallest absolute Gasteiger partial charge is 0.320 e. The predicted molar refractivity (Wildman–Crippen MR) is 88.4 cm³/mol. The molecule has 0 aliphatic heterocycles. The Morgan fingerprint density at radius 3 is 1.55 bits per heavy atom. The van der Waals surface area contributed by atoms with Crippen LogP contribution in [0.15, 0.2) is 23.3 Å². The molecule has 0 amide bonds. The molecular weight excluding hydrogens is 280 g/mol. The lowest BCUT2D eigenvalue weighted by atomic mass is 10.2. The maximum atomic E-state index is 11.7. The number of hydrogen-bond acceptors (Lipinski definition) is 4. The van der Waals surface area contributed by atoms with Gasteiger partial charge in [-0.05, 0) is 46.5 Å². The lowest BCUT2D eigenvalue weighted by Crippen LogP contribution is -2.25. The molecule has 0 rings (SSSR count). The summed E-state index contributed by atoms with van der Waals surface area (Å²) in [6.45, 7) is 10.3. The molecule has 0 aliphatic rings. The number of carbonyl (C=O) groups excluding carboxylic acids is 2. The van der Waals surface area contributed by atoms with Crippen LogP contribution in [0.5, 0.6) is 0 Å². The maximum absolute atomic E-state index is 11.7. The molecule has 0 unspecified atom stereocenters. The van der Waals surface area contributed by atoms with Gasteiger partial charge in [0, 0.05) is 0 Å². The highest BCUT2D eigenvalue weighted by Crippen LogP contribution is 2.06. The van der Waals surface area contributed by atoms with Crippen LogP contribution >= 0.6 is 0 Å². The average Bonchev–Trinajstić information content (AvgIpc) is 2.53. The van der Waals surface area contributed by atoms with E-state index in [2.05, 4.69) is 13.8 Å². The van der Waals surface area contributed by atoms with Gasteiger partial charge in [0.2, 0.25) is 0 Å². The SMILES string of the molecule is CCC(C)=CCCOC(=O)C(C)C(=O)OCCC=C(C)CC. The zero-order valence-electron chi connectivity index (χ0n) is 14.6. The number of allylic oxidation sites excluding steroid dienone is 2. The van der Waals surface area contributed by atoms with Gasteiger partial charge in [-0.2, -0.15) is 0 Å². The van der Waals surface area contributed by atoms with Crippen LogP contribution in [0, 0.1) is 5.92 Å². The Labute approximate surface area is 134 Å². The first-order valence-corrected chi connectivity index (χ1v) is 8.06. The molecule has 4 heteroatoms. The molecule has 0 aromatic heterocycles. The number of ether oxygens (including phenoxy) is 2. The minimum Gasteiger partial charge on any atom is -0.465 e. The molecule has 0 N–H and O–H groups in total. The predicted octanol–water partition coefficient (Wildman–Crippen LogP) is 4.20. The van der Waals surface area contributed by atoms with Crippen molar-refractivity contribution in [2.75, 3.05) is 13.2 Å². The van der Waals surface area contributed by atoms with Gasteiger partial charge >= 0.3 is 11.9 Å². The summed E-state index contributed by atoms with van der Waals surface area (Å²) in [7, 11) is 0. The van der Waals surface area contributed by atoms with Crippen molar-refractivity contribution in [2.24, 2.45) is 5.92 Å². The van der Waals surface area contributed by atoms with Crippen LogP contribution in [0.25, 0.3) is 0 Å². The van der Waals surface area contributed by atoms with Gasteiger partial charge in [0.1, 0.15) is 0 Å². The van der Waals surface area contributed by atoms with Crippen LogP contribution < -0.4 is 0 Å². The first kappa shape index (κ1) is 20.4. The van der Waals surface area contributed by atoms with Crippen molar-refractivity contribution < 1.29 is 19.1 Å². The van der Waals surface area contributed by atoms with Gasteiger partial charge in [0.25, 0.3) is 0 Å². The molecule has 4 nitrogen and oxygen atoms in total. The fourth-order valence-corrected chi connectivity index (χ4v) is 1.56. The van der Waals surface area contributed by atoms with Crippen LogP contribution in [0.4, 0.5) is 0 Å². The Bertz CT molecular complexity index is 369. The summed E-state index contributed by atoms with van der Waals surface area (Å²) < 4.78 is 10.2. The van der Waals surface area contributed by atoms with E-state index in [1.807, 2.05) is 26.0 Å². The van der Waals surface area contributed by atoms with Crippen LogP contribution in [0.1, 0.15) is 60.3 Å².